The Bertz CT molecular complexity index is 1230. The van der Waals surface area contributed by atoms with Crippen LogP contribution in [-0.2, 0) is 0 Å². The van der Waals surface area contributed by atoms with Crippen LogP contribution in [-0.4, -0.2) is 87.0 Å². The van der Waals surface area contributed by atoms with Crippen LogP contribution in [0, 0.1) is 31.6 Å². The third-order valence-corrected chi connectivity index (χ3v) is 7.96. The Morgan fingerprint density at radius 2 is 1.51 bits per heavy atom. The Labute approximate surface area is 344 Å². The predicted molar refractivity (Wildman–Crippen MR) is 215 cm³/mol. The zero-order chi connectivity index (χ0) is 34.3. The molecular weight excluding hydrogens is 630 g/mol. The zero-order valence-electron chi connectivity index (χ0n) is 32.8. The van der Waals surface area contributed by atoms with Crippen molar-refractivity contribution in [2.45, 2.75) is 65.8 Å². The van der Waals surface area contributed by atoms with Gasteiger partial charge in [0.15, 0.2) is 0 Å². The van der Waals surface area contributed by atoms with Crippen LogP contribution in [0.3, 0.4) is 0 Å². The summed E-state index contributed by atoms with van der Waals surface area (Å²) in [4.78, 5) is 7.01. The van der Waals surface area contributed by atoms with E-state index in [4.69, 9.17) is 10.7 Å². The molecular formula is C41H67KN7-. The van der Waals surface area contributed by atoms with Gasteiger partial charge in [0.1, 0.15) is 5.84 Å². The molecule has 0 atom stereocenters. The topological polar surface area (TPSA) is 81.4 Å². The molecule has 0 unspecified atom stereocenters. The van der Waals surface area contributed by atoms with E-state index in [2.05, 4.69) is 115 Å². The number of anilines is 1. The van der Waals surface area contributed by atoms with Crippen molar-refractivity contribution in [3.05, 3.63) is 105 Å². The zero-order valence-corrected chi connectivity index (χ0v) is 36.0. The Hall–Kier alpha value is -2.22. The standard InChI is InChI=1S/C14H24N4.C12H13N.C7H15N.C4H6.C2H3N.2CH3.K/c1-11(10-12-4-5-12)13(16-2)14(15)18-8-6-17(3)7-9-18;1-13-12-9-5-7-10-6-3-2-4-8-11(10)12;1-7(2)8-5-3-4-6-8;1-3-4-2;1-2-3;;;/h10,15-16H,4-9H2,1-3H3;3-9,13H,2H2,1H3;7H,3-6H2,1-2H3;3-4H,1-2H2;1H3;2*1H3;/q;;;;;2*-1;+1/b13-11-,15-14?;;;;;;;. The first-order valence-electron chi connectivity index (χ1n) is 16.7. The number of fused-ring (bicyclic) bond motifs is 1. The molecule has 49 heavy (non-hydrogen) atoms. The van der Waals surface area contributed by atoms with Gasteiger partial charge in [0.2, 0.25) is 0 Å². The second kappa shape index (κ2) is 30.6. The molecule has 4 aliphatic rings. The third-order valence-electron chi connectivity index (χ3n) is 7.96. The maximum absolute atomic E-state index is 8.36. The smallest absolute Gasteiger partial charge is 0.388 e. The number of nitriles is 1. The first-order valence-corrected chi connectivity index (χ1v) is 16.7. The van der Waals surface area contributed by atoms with E-state index in [1.165, 1.54) is 73.7 Å². The minimum atomic E-state index is 0. The summed E-state index contributed by atoms with van der Waals surface area (Å²) in [7, 11) is 6.01. The summed E-state index contributed by atoms with van der Waals surface area (Å²) in [5, 5.41) is 22.1. The molecule has 2 saturated heterocycles. The summed E-state index contributed by atoms with van der Waals surface area (Å²) < 4.78 is 0. The number of likely N-dealkylation sites (N-methyl/N-ethyl adjacent to an activating group) is 2. The molecule has 2 aliphatic heterocycles. The van der Waals surface area contributed by atoms with Gasteiger partial charge in [-0.05, 0) is 90.2 Å². The fraction of sp³-hybridized carbons (Fsp3) is 0.463. The monoisotopic (exact) mass is 697 g/mol. The van der Waals surface area contributed by atoms with Crippen molar-refractivity contribution in [1.82, 2.24) is 20.0 Å². The van der Waals surface area contributed by atoms with Crippen LogP contribution < -0.4 is 62.0 Å². The maximum Gasteiger partial charge on any atom is 1.00 e. The van der Waals surface area contributed by atoms with Crippen molar-refractivity contribution in [2.75, 3.05) is 65.7 Å². The van der Waals surface area contributed by atoms with Gasteiger partial charge < -0.3 is 40.2 Å². The van der Waals surface area contributed by atoms with Crippen LogP contribution in [0.1, 0.15) is 70.9 Å². The molecule has 1 aromatic rings. The van der Waals surface area contributed by atoms with Crippen LogP contribution in [0.4, 0.5) is 5.69 Å². The SMILES string of the molecule is C=CC=C.CC#N.CC(C)N1CCCC1.CN/C(C(=N)N1CCN(C)CC1)=C(/C)C=C1CC1.CNc1cccc2c1C=CCC=C2.[CH3-].[CH3-].[K+]. The van der Waals surface area contributed by atoms with Crippen LogP contribution >= 0.6 is 0 Å². The molecule has 268 valence electrons. The quantitative estimate of drug-likeness (QED) is 0.114. The summed E-state index contributed by atoms with van der Waals surface area (Å²) in [6, 6.07) is 8.84. The minimum Gasteiger partial charge on any atom is -0.388 e. The molecule has 8 heteroatoms. The van der Waals surface area contributed by atoms with Crippen molar-refractivity contribution in [2.24, 2.45) is 0 Å². The van der Waals surface area contributed by atoms with Gasteiger partial charge in [-0.25, -0.2) is 0 Å². The van der Waals surface area contributed by atoms with E-state index < -0.39 is 0 Å². The molecule has 2 aliphatic carbocycles. The maximum atomic E-state index is 8.36. The Balaban J connectivity index is -0.000000601. The summed E-state index contributed by atoms with van der Waals surface area (Å²) in [5.41, 5.74) is 7.44. The van der Waals surface area contributed by atoms with E-state index in [-0.39, 0.29) is 66.2 Å². The summed E-state index contributed by atoms with van der Waals surface area (Å²) >= 11 is 0. The van der Waals surface area contributed by atoms with Crippen molar-refractivity contribution in [1.29, 1.82) is 10.7 Å². The molecule has 0 aromatic heterocycles. The van der Waals surface area contributed by atoms with Crippen LogP contribution in [0.25, 0.3) is 12.2 Å². The van der Waals surface area contributed by atoms with Crippen molar-refractivity contribution >= 4 is 23.7 Å². The number of hydrogen-bond acceptors (Lipinski definition) is 6. The van der Waals surface area contributed by atoms with E-state index in [1.807, 2.05) is 14.1 Å². The van der Waals surface area contributed by atoms with Crippen molar-refractivity contribution in [3.8, 4) is 6.07 Å². The van der Waals surface area contributed by atoms with Crippen LogP contribution in [0.5, 0.6) is 0 Å². The van der Waals surface area contributed by atoms with Gasteiger partial charge >= 0.3 is 51.4 Å². The molecule has 0 bridgehead atoms. The third kappa shape index (κ3) is 20.9. The average molecular weight is 697 g/mol. The van der Waals surface area contributed by atoms with Gasteiger partial charge in [0.05, 0.1) is 11.8 Å². The van der Waals surface area contributed by atoms with E-state index in [9.17, 15) is 0 Å². The fourth-order valence-electron chi connectivity index (χ4n) is 5.14. The van der Waals surface area contributed by atoms with Gasteiger partial charge in [0, 0.05) is 64.5 Å². The number of amidine groups is 1. The molecule has 3 fully saturated rings. The molecule has 0 radical (unpaired) electrons. The van der Waals surface area contributed by atoms with Gasteiger partial charge in [-0.15, -0.1) is 0 Å². The second-order valence-electron chi connectivity index (χ2n) is 11.9. The molecule has 2 heterocycles. The number of nitrogens with zero attached hydrogens (tertiary/aromatic N) is 4. The first kappa shape index (κ1) is 51.1. The van der Waals surface area contributed by atoms with Gasteiger partial charge in [-0.1, -0.05) is 73.4 Å². The van der Waals surface area contributed by atoms with Crippen molar-refractivity contribution in [3.63, 3.8) is 0 Å². The predicted octanol–water partition coefficient (Wildman–Crippen LogP) is 5.87. The minimum absolute atomic E-state index is 0. The van der Waals surface area contributed by atoms with Gasteiger partial charge in [-0.2, -0.15) is 5.26 Å². The molecule has 5 rings (SSSR count). The average Bonchev–Trinajstić information content (AvgIpc) is 3.76. The van der Waals surface area contributed by atoms with Crippen molar-refractivity contribution < 1.29 is 51.4 Å². The van der Waals surface area contributed by atoms with E-state index in [0.717, 1.165) is 44.3 Å². The number of hydrogen-bond donors (Lipinski definition) is 3. The number of benzene rings is 1. The first-order chi connectivity index (χ1) is 22.2. The molecule has 3 N–H and O–H groups in total. The molecule has 7 nitrogen and oxygen atoms in total. The Morgan fingerprint density at radius 1 is 0.959 bits per heavy atom. The van der Waals surface area contributed by atoms with E-state index in [1.54, 1.807) is 18.2 Å². The molecule has 1 aromatic carbocycles. The number of rotatable bonds is 6. The largest absolute Gasteiger partial charge is 1.00 e. The molecule has 0 spiro atoms. The summed E-state index contributed by atoms with van der Waals surface area (Å²) in [6.45, 7) is 21.4. The number of nitrogens with one attached hydrogen (secondary N) is 3. The van der Waals surface area contributed by atoms with Crippen LogP contribution in [0.2, 0.25) is 0 Å². The molecule has 0 amide bonds. The summed E-state index contributed by atoms with van der Waals surface area (Å²) in [5.74, 6) is 0.639. The second-order valence-corrected chi connectivity index (χ2v) is 11.9. The fourth-order valence-corrected chi connectivity index (χ4v) is 5.14. The number of likely N-dealkylation sites (tertiary alicyclic amines) is 1. The van der Waals surface area contributed by atoms with Gasteiger partial charge in [-0.3, -0.25) is 5.41 Å². The van der Waals surface area contributed by atoms with E-state index >= 15 is 0 Å². The normalized spacial score (nSPS) is 15.8. The number of allylic oxidation sites excluding steroid dienone is 7. The van der Waals surface area contributed by atoms with E-state index in [0.29, 0.717) is 5.84 Å². The molecule has 1 saturated carbocycles. The van der Waals surface area contributed by atoms with Crippen LogP contribution in [0.15, 0.2) is 78.6 Å². The number of piperazine rings is 1. The summed E-state index contributed by atoms with van der Waals surface area (Å²) in [6.07, 6.45) is 20.6. The Kier molecular flexibility index (Phi) is 31.9. The van der Waals surface area contributed by atoms with Gasteiger partial charge in [0.25, 0.3) is 0 Å². The Morgan fingerprint density at radius 3 is 1.96 bits per heavy atom.